The fourth-order valence-corrected chi connectivity index (χ4v) is 1.51. The van der Waals surface area contributed by atoms with Gasteiger partial charge in [0.15, 0.2) is 0 Å². The number of ether oxygens (including phenoxy) is 1. The maximum atomic E-state index is 10.9. The number of tetrazole rings is 1. The molecule has 2 N–H and O–H groups in total. The fourth-order valence-electron chi connectivity index (χ4n) is 0.727. The Balaban J connectivity index is 2.41. The number of aryl methyl sites for hydroxylation is 1. The summed E-state index contributed by atoms with van der Waals surface area (Å²) in [6, 6.07) is -0.651. The van der Waals surface area contributed by atoms with Gasteiger partial charge in [0.25, 0.3) is 0 Å². The number of carbonyl (C=O) groups excluding carboxylic acids is 1. The molecular formula is C6H11N5O2S. The molecule has 0 unspecified atom stereocenters. The second kappa shape index (κ2) is 4.91. The van der Waals surface area contributed by atoms with Gasteiger partial charge in [0.2, 0.25) is 5.16 Å². The Morgan fingerprint density at radius 3 is 3.00 bits per heavy atom. The molecule has 1 rings (SSSR count). The normalized spacial score (nSPS) is 12.5. The van der Waals surface area contributed by atoms with E-state index in [9.17, 15) is 4.79 Å². The molecule has 1 atom stereocenters. The minimum Gasteiger partial charge on any atom is -0.468 e. The Labute approximate surface area is 85.0 Å². The highest BCUT2D eigenvalue weighted by Crippen LogP contribution is 2.12. The molecule has 0 bridgehead atoms. The van der Waals surface area contributed by atoms with Crippen molar-refractivity contribution in [1.29, 1.82) is 0 Å². The SMILES string of the molecule is COC(=O)[C@@H](N)CSc1nnnn1C. The molecule has 0 saturated carbocycles. The first-order valence-corrected chi connectivity index (χ1v) is 4.82. The number of aromatic nitrogens is 4. The number of nitrogens with two attached hydrogens (primary N) is 1. The smallest absolute Gasteiger partial charge is 0.323 e. The molecule has 7 nitrogen and oxygen atoms in total. The van der Waals surface area contributed by atoms with Crippen LogP contribution in [0.15, 0.2) is 5.16 Å². The van der Waals surface area contributed by atoms with Crippen molar-refractivity contribution < 1.29 is 9.53 Å². The van der Waals surface area contributed by atoms with Crippen molar-refractivity contribution in [3.05, 3.63) is 0 Å². The fraction of sp³-hybridized carbons (Fsp3) is 0.667. The zero-order valence-corrected chi connectivity index (χ0v) is 8.69. The second-order valence-corrected chi connectivity index (χ2v) is 3.51. The Hall–Kier alpha value is -1.15. The van der Waals surface area contributed by atoms with Gasteiger partial charge >= 0.3 is 5.97 Å². The van der Waals surface area contributed by atoms with E-state index in [0.717, 1.165) is 0 Å². The molecule has 0 radical (unpaired) electrons. The van der Waals surface area contributed by atoms with Crippen molar-refractivity contribution in [3.8, 4) is 0 Å². The van der Waals surface area contributed by atoms with Crippen molar-refractivity contribution >= 4 is 17.7 Å². The number of rotatable bonds is 4. The summed E-state index contributed by atoms with van der Waals surface area (Å²) in [5.74, 6) is -0.0476. The topological polar surface area (TPSA) is 95.9 Å². The number of nitrogens with zero attached hydrogens (tertiary/aromatic N) is 4. The first-order valence-electron chi connectivity index (χ1n) is 3.83. The van der Waals surface area contributed by atoms with Gasteiger partial charge in [-0.3, -0.25) is 4.79 Å². The van der Waals surface area contributed by atoms with E-state index >= 15 is 0 Å². The minimum absolute atomic E-state index is 0.390. The zero-order valence-electron chi connectivity index (χ0n) is 7.88. The zero-order chi connectivity index (χ0) is 10.6. The third kappa shape index (κ3) is 2.67. The van der Waals surface area contributed by atoms with E-state index in [-0.39, 0.29) is 0 Å². The molecule has 0 aliphatic carbocycles. The Morgan fingerprint density at radius 1 is 1.79 bits per heavy atom. The monoisotopic (exact) mass is 217 g/mol. The van der Waals surface area contributed by atoms with Crippen molar-refractivity contribution in [3.63, 3.8) is 0 Å². The Kier molecular flexibility index (Phi) is 3.84. The quantitative estimate of drug-likeness (QED) is 0.500. The van der Waals surface area contributed by atoms with E-state index in [1.54, 1.807) is 7.05 Å². The van der Waals surface area contributed by atoms with E-state index in [1.807, 2.05) is 0 Å². The van der Waals surface area contributed by atoms with E-state index in [4.69, 9.17) is 5.73 Å². The first-order chi connectivity index (χ1) is 6.65. The van der Waals surface area contributed by atoms with Gasteiger partial charge in [-0.2, -0.15) is 0 Å². The highest BCUT2D eigenvalue weighted by molar-refractivity contribution is 7.99. The molecule has 0 fully saturated rings. The molecule has 1 aromatic rings. The van der Waals surface area contributed by atoms with Crippen LogP contribution in [0.5, 0.6) is 0 Å². The van der Waals surface area contributed by atoms with Gasteiger partial charge < -0.3 is 10.5 Å². The maximum absolute atomic E-state index is 10.9. The molecule has 0 spiro atoms. The summed E-state index contributed by atoms with van der Waals surface area (Å²) in [5.41, 5.74) is 5.52. The lowest BCUT2D eigenvalue weighted by Gasteiger charge is -2.06. The number of methoxy groups -OCH3 is 1. The van der Waals surface area contributed by atoms with Crippen LogP contribution in [0, 0.1) is 0 Å². The molecule has 8 heteroatoms. The number of hydrogen-bond donors (Lipinski definition) is 1. The van der Waals surface area contributed by atoms with Crippen LogP contribution in [0.2, 0.25) is 0 Å². The van der Waals surface area contributed by atoms with Crippen LogP contribution >= 0.6 is 11.8 Å². The van der Waals surface area contributed by atoms with Gasteiger partial charge in [-0.15, -0.1) is 5.10 Å². The van der Waals surface area contributed by atoms with Gasteiger partial charge in [0, 0.05) is 12.8 Å². The van der Waals surface area contributed by atoms with Crippen LogP contribution in [-0.4, -0.2) is 45.1 Å². The minimum atomic E-state index is -0.651. The third-order valence-electron chi connectivity index (χ3n) is 1.48. The summed E-state index contributed by atoms with van der Waals surface area (Å²) in [6.07, 6.45) is 0. The molecule has 1 heterocycles. The molecule has 0 aromatic carbocycles. The summed E-state index contributed by atoms with van der Waals surface area (Å²) in [4.78, 5) is 10.9. The molecule has 0 amide bonds. The van der Waals surface area contributed by atoms with Crippen molar-refractivity contribution in [2.45, 2.75) is 11.2 Å². The van der Waals surface area contributed by atoms with Gasteiger partial charge in [0.05, 0.1) is 7.11 Å². The Morgan fingerprint density at radius 2 is 2.50 bits per heavy atom. The summed E-state index contributed by atoms with van der Waals surface area (Å²) >= 11 is 1.31. The molecule has 78 valence electrons. The molecule has 14 heavy (non-hydrogen) atoms. The summed E-state index contributed by atoms with van der Waals surface area (Å²) in [7, 11) is 3.02. The number of thioether (sulfide) groups is 1. The lowest BCUT2D eigenvalue weighted by Crippen LogP contribution is -2.33. The van der Waals surface area contributed by atoms with Crippen molar-refractivity contribution in [2.75, 3.05) is 12.9 Å². The van der Waals surface area contributed by atoms with Crippen LogP contribution < -0.4 is 5.73 Å². The van der Waals surface area contributed by atoms with Crippen LogP contribution in [-0.2, 0) is 16.6 Å². The van der Waals surface area contributed by atoms with Crippen LogP contribution in [0.4, 0.5) is 0 Å². The summed E-state index contributed by atoms with van der Waals surface area (Å²) in [6.45, 7) is 0. The summed E-state index contributed by atoms with van der Waals surface area (Å²) in [5, 5.41) is 11.4. The lowest BCUT2D eigenvalue weighted by molar-refractivity contribution is -0.141. The average Bonchev–Trinajstić information content (AvgIpc) is 2.59. The lowest BCUT2D eigenvalue weighted by atomic mass is 10.4. The van der Waals surface area contributed by atoms with E-state index in [0.29, 0.717) is 10.9 Å². The van der Waals surface area contributed by atoms with Gasteiger partial charge in [0.1, 0.15) is 6.04 Å². The predicted molar refractivity (Wildman–Crippen MR) is 49.5 cm³/mol. The molecule has 0 saturated heterocycles. The molecule has 0 aliphatic heterocycles. The Bertz CT molecular complexity index is 315. The predicted octanol–water partition coefficient (Wildman–Crippen LogP) is -1.20. The number of carbonyl (C=O) groups is 1. The van der Waals surface area contributed by atoms with Crippen LogP contribution in [0.1, 0.15) is 0 Å². The van der Waals surface area contributed by atoms with Crippen LogP contribution in [0.25, 0.3) is 0 Å². The highest BCUT2D eigenvalue weighted by Gasteiger charge is 2.15. The summed E-state index contributed by atoms with van der Waals surface area (Å²) < 4.78 is 5.99. The number of hydrogen-bond acceptors (Lipinski definition) is 7. The van der Waals surface area contributed by atoms with Crippen LogP contribution in [0.3, 0.4) is 0 Å². The van der Waals surface area contributed by atoms with E-state index in [2.05, 4.69) is 20.3 Å². The van der Waals surface area contributed by atoms with Crippen molar-refractivity contribution in [2.24, 2.45) is 12.8 Å². The first kappa shape index (κ1) is 10.9. The second-order valence-electron chi connectivity index (χ2n) is 2.53. The largest absolute Gasteiger partial charge is 0.468 e. The van der Waals surface area contributed by atoms with Gasteiger partial charge in [-0.1, -0.05) is 11.8 Å². The van der Waals surface area contributed by atoms with Gasteiger partial charge in [-0.25, -0.2) is 4.68 Å². The number of esters is 1. The molecular weight excluding hydrogens is 206 g/mol. The molecule has 1 aromatic heterocycles. The molecule has 0 aliphatic rings. The standard InChI is InChI=1S/C6H11N5O2S/c1-11-6(8-9-10-11)14-3-4(7)5(12)13-2/h4H,3,7H2,1-2H3/t4-/m0/s1. The van der Waals surface area contributed by atoms with E-state index in [1.165, 1.54) is 23.6 Å². The highest BCUT2D eigenvalue weighted by atomic mass is 32.2. The van der Waals surface area contributed by atoms with E-state index < -0.39 is 12.0 Å². The third-order valence-corrected chi connectivity index (χ3v) is 2.61. The van der Waals surface area contributed by atoms with Gasteiger partial charge in [-0.05, 0) is 10.4 Å². The maximum Gasteiger partial charge on any atom is 0.323 e. The average molecular weight is 217 g/mol. The van der Waals surface area contributed by atoms with Crippen molar-refractivity contribution in [1.82, 2.24) is 20.2 Å².